The second kappa shape index (κ2) is 10.1. The first kappa shape index (κ1) is 24.7. The van der Waals surface area contributed by atoms with Crippen molar-refractivity contribution in [1.29, 1.82) is 0 Å². The van der Waals surface area contributed by atoms with E-state index in [1.54, 1.807) is 6.92 Å². The fraction of sp³-hybridized carbons (Fsp3) is 0.444. The molecule has 2 amide bonds. The van der Waals surface area contributed by atoms with Crippen LogP contribution in [0.2, 0.25) is 0 Å². The van der Waals surface area contributed by atoms with E-state index in [1.807, 2.05) is 38.1 Å². The number of hydrogen-bond acceptors (Lipinski definition) is 5. The molecule has 0 spiro atoms. The Morgan fingerprint density at radius 2 is 1.69 bits per heavy atom. The Bertz CT molecular complexity index is 1070. The lowest BCUT2D eigenvalue weighted by atomic mass is 9.74. The van der Waals surface area contributed by atoms with Gasteiger partial charge in [-0.25, -0.2) is 9.59 Å². The first-order chi connectivity index (χ1) is 16.7. The van der Waals surface area contributed by atoms with Gasteiger partial charge in [0.25, 0.3) is 0 Å². The van der Waals surface area contributed by atoms with Gasteiger partial charge in [0.1, 0.15) is 12.6 Å². The van der Waals surface area contributed by atoms with Gasteiger partial charge in [-0.3, -0.25) is 4.79 Å². The summed E-state index contributed by atoms with van der Waals surface area (Å²) in [4.78, 5) is 38.2. The maximum absolute atomic E-state index is 12.7. The van der Waals surface area contributed by atoms with Gasteiger partial charge >= 0.3 is 12.1 Å². The topological polar surface area (TPSA) is 105 Å². The highest BCUT2D eigenvalue weighted by atomic mass is 16.5. The van der Waals surface area contributed by atoms with Crippen LogP contribution in [0.4, 0.5) is 4.79 Å². The summed E-state index contributed by atoms with van der Waals surface area (Å²) in [5.41, 5.74) is 4.10. The van der Waals surface area contributed by atoms with Crippen LogP contribution in [-0.4, -0.2) is 66.4 Å². The van der Waals surface area contributed by atoms with Crippen molar-refractivity contribution in [1.82, 2.24) is 10.2 Å². The van der Waals surface area contributed by atoms with Crippen molar-refractivity contribution in [2.45, 2.75) is 45.3 Å². The normalized spacial score (nSPS) is 18.7. The van der Waals surface area contributed by atoms with E-state index in [4.69, 9.17) is 9.47 Å². The van der Waals surface area contributed by atoms with Gasteiger partial charge in [-0.15, -0.1) is 0 Å². The number of benzene rings is 2. The minimum atomic E-state index is -1.01. The highest BCUT2D eigenvalue weighted by Gasteiger charge is 2.52. The molecule has 1 saturated heterocycles. The summed E-state index contributed by atoms with van der Waals surface area (Å²) in [6.07, 6.45) is -1.18. The molecule has 35 heavy (non-hydrogen) atoms. The molecule has 8 heteroatoms. The van der Waals surface area contributed by atoms with Crippen molar-refractivity contribution in [2.24, 2.45) is 5.41 Å². The molecule has 0 radical (unpaired) electrons. The summed E-state index contributed by atoms with van der Waals surface area (Å²) in [5.74, 6) is -1.36. The molecule has 2 aromatic rings. The highest BCUT2D eigenvalue weighted by molar-refractivity contribution is 5.87. The zero-order valence-corrected chi connectivity index (χ0v) is 20.3. The van der Waals surface area contributed by atoms with E-state index in [0.29, 0.717) is 13.2 Å². The number of aliphatic carboxylic acids is 1. The standard InChI is InChI=1S/C27H32N2O6/c1-4-34-17(13-23(30)29-16-27(2,3)24(29)25(31)32)14-28-26(33)35-15-22-20-11-7-5-9-18(20)19-10-6-8-12-21(19)22/h5-12,17,22,24H,4,13-16H2,1-3H3,(H,28,33)(H,31,32). The van der Waals surface area contributed by atoms with Crippen LogP contribution < -0.4 is 5.32 Å². The fourth-order valence-corrected chi connectivity index (χ4v) is 5.21. The van der Waals surface area contributed by atoms with Crippen molar-refractivity contribution >= 4 is 18.0 Å². The average molecular weight is 481 g/mol. The Kier molecular flexibility index (Phi) is 7.12. The number of carboxylic acids is 1. The van der Waals surface area contributed by atoms with Gasteiger partial charge in [-0.2, -0.15) is 0 Å². The molecule has 186 valence electrons. The van der Waals surface area contributed by atoms with Crippen LogP contribution in [0, 0.1) is 5.41 Å². The van der Waals surface area contributed by atoms with Gasteiger partial charge in [-0.1, -0.05) is 62.4 Å². The molecule has 1 heterocycles. The Balaban J connectivity index is 1.31. The van der Waals surface area contributed by atoms with Gasteiger partial charge < -0.3 is 24.8 Å². The number of nitrogens with zero attached hydrogens (tertiary/aromatic N) is 1. The van der Waals surface area contributed by atoms with Crippen molar-refractivity contribution in [3.63, 3.8) is 0 Å². The predicted molar refractivity (Wildman–Crippen MR) is 130 cm³/mol. The van der Waals surface area contributed by atoms with Crippen LogP contribution in [-0.2, 0) is 19.1 Å². The zero-order chi connectivity index (χ0) is 25.2. The first-order valence-electron chi connectivity index (χ1n) is 12.0. The SMILES string of the molecule is CCOC(CNC(=O)OCC1c2ccccc2-c2ccccc21)CC(=O)N1CC(C)(C)C1C(=O)O. The van der Waals surface area contributed by atoms with Crippen molar-refractivity contribution in [3.05, 3.63) is 59.7 Å². The number of carbonyl (C=O) groups excluding carboxylic acids is 2. The predicted octanol–water partition coefficient (Wildman–Crippen LogP) is 3.64. The monoisotopic (exact) mass is 480 g/mol. The maximum atomic E-state index is 12.7. The van der Waals surface area contributed by atoms with Crippen LogP contribution in [0.5, 0.6) is 0 Å². The fourth-order valence-electron chi connectivity index (χ4n) is 5.21. The van der Waals surface area contributed by atoms with E-state index >= 15 is 0 Å². The van der Waals surface area contributed by atoms with Crippen molar-refractivity contribution < 1.29 is 29.0 Å². The number of likely N-dealkylation sites (tertiary alicyclic amines) is 1. The first-order valence-corrected chi connectivity index (χ1v) is 12.0. The van der Waals surface area contributed by atoms with E-state index in [-0.39, 0.29) is 31.4 Å². The van der Waals surface area contributed by atoms with Crippen molar-refractivity contribution in [2.75, 3.05) is 26.3 Å². The summed E-state index contributed by atoms with van der Waals surface area (Å²) in [6.45, 7) is 6.48. The summed E-state index contributed by atoms with van der Waals surface area (Å²) >= 11 is 0. The lowest BCUT2D eigenvalue weighted by Gasteiger charge is -2.51. The minimum Gasteiger partial charge on any atom is -0.480 e. The summed E-state index contributed by atoms with van der Waals surface area (Å²) in [5, 5.41) is 12.2. The van der Waals surface area contributed by atoms with Crippen LogP contribution in [0.3, 0.4) is 0 Å². The van der Waals surface area contributed by atoms with Gasteiger partial charge in [0, 0.05) is 31.0 Å². The smallest absolute Gasteiger partial charge is 0.407 e. The summed E-state index contributed by atoms with van der Waals surface area (Å²) in [7, 11) is 0. The number of fused-ring (bicyclic) bond motifs is 3. The van der Waals surface area contributed by atoms with E-state index in [2.05, 4.69) is 29.6 Å². The number of carbonyl (C=O) groups is 3. The molecule has 2 unspecified atom stereocenters. The van der Waals surface area contributed by atoms with Crippen LogP contribution in [0.1, 0.15) is 44.2 Å². The second-order valence-electron chi connectivity index (χ2n) is 9.74. The largest absolute Gasteiger partial charge is 0.480 e. The van der Waals surface area contributed by atoms with Crippen molar-refractivity contribution in [3.8, 4) is 11.1 Å². The molecule has 0 saturated carbocycles. The maximum Gasteiger partial charge on any atom is 0.407 e. The minimum absolute atomic E-state index is 0.0165. The van der Waals surface area contributed by atoms with Crippen LogP contribution in [0.15, 0.2) is 48.5 Å². The van der Waals surface area contributed by atoms with E-state index in [9.17, 15) is 19.5 Å². The molecule has 1 aliphatic carbocycles. The molecule has 2 aromatic carbocycles. The van der Waals surface area contributed by atoms with Gasteiger partial charge in [0.2, 0.25) is 5.91 Å². The number of amides is 2. The Hall–Kier alpha value is -3.39. The Morgan fingerprint density at radius 3 is 2.23 bits per heavy atom. The Morgan fingerprint density at radius 1 is 1.09 bits per heavy atom. The molecule has 2 N–H and O–H groups in total. The molecule has 2 atom stereocenters. The van der Waals surface area contributed by atoms with Gasteiger partial charge in [0.05, 0.1) is 12.5 Å². The number of carboxylic acid groups (broad SMARTS) is 1. The number of alkyl carbamates (subject to hydrolysis) is 1. The number of ether oxygens (including phenoxy) is 2. The number of rotatable bonds is 9. The molecule has 0 bridgehead atoms. The molecule has 1 aliphatic heterocycles. The Labute approximate surface area is 205 Å². The quantitative estimate of drug-likeness (QED) is 0.568. The molecular weight excluding hydrogens is 448 g/mol. The highest BCUT2D eigenvalue weighted by Crippen LogP contribution is 2.44. The lowest BCUT2D eigenvalue weighted by Crippen LogP contribution is -2.67. The number of nitrogens with one attached hydrogen (secondary N) is 1. The zero-order valence-electron chi connectivity index (χ0n) is 20.3. The third kappa shape index (κ3) is 5.03. The van der Waals surface area contributed by atoms with E-state index < -0.39 is 29.6 Å². The second-order valence-corrected chi connectivity index (χ2v) is 9.74. The summed E-state index contributed by atoms with van der Waals surface area (Å²) < 4.78 is 11.2. The van der Waals surface area contributed by atoms with Crippen LogP contribution in [0.25, 0.3) is 11.1 Å². The average Bonchev–Trinajstić information content (AvgIpc) is 3.13. The summed E-state index contributed by atoms with van der Waals surface area (Å²) in [6, 6.07) is 15.4. The van der Waals surface area contributed by atoms with Crippen LogP contribution >= 0.6 is 0 Å². The third-order valence-electron chi connectivity index (χ3n) is 6.81. The molecule has 8 nitrogen and oxygen atoms in total. The lowest BCUT2D eigenvalue weighted by molar-refractivity contribution is -0.173. The molecule has 2 aliphatic rings. The molecular formula is C27H32N2O6. The number of hydrogen-bond donors (Lipinski definition) is 2. The van der Waals surface area contributed by atoms with Gasteiger partial charge in [-0.05, 0) is 29.2 Å². The third-order valence-corrected chi connectivity index (χ3v) is 6.81. The van der Waals surface area contributed by atoms with E-state index in [1.165, 1.54) is 4.90 Å². The van der Waals surface area contributed by atoms with E-state index in [0.717, 1.165) is 22.3 Å². The van der Waals surface area contributed by atoms with Gasteiger partial charge in [0.15, 0.2) is 0 Å². The molecule has 1 fully saturated rings. The molecule has 4 rings (SSSR count). The molecule has 0 aromatic heterocycles.